The molecule has 0 saturated heterocycles. The number of hydrogen-bond donors (Lipinski definition) is 4. The average Bonchev–Trinajstić information content (AvgIpc) is 1.82. The molecule has 0 aromatic rings. The third kappa shape index (κ3) is 4.81. The first-order chi connectivity index (χ1) is 4.66. The lowest BCUT2D eigenvalue weighted by molar-refractivity contribution is -0.137. The van der Waals surface area contributed by atoms with Crippen LogP contribution in [0.15, 0.2) is 5.10 Å². The second kappa shape index (κ2) is 4.53. The number of nitrogens with two attached hydrogens (primary N) is 2. The Hall–Kier alpha value is -1.34. The number of hydrazone groups is 1. The van der Waals surface area contributed by atoms with Gasteiger partial charge < -0.3 is 5.11 Å². The number of hydrogen-bond acceptors (Lipinski definition) is 5. The molecule has 7 heteroatoms. The highest BCUT2D eigenvalue weighted by Crippen LogP contribution is 1.69. The standard InChI is InChI=1S/C3H9N5O2/c4-7-6-2-8(5)1-3(9)10/h2,7H,1,4-5H2,(H,9,10)/b6-2+. The van der Waals surface area contributed by atoms with Crippen LogP contribution in [0.25, 0.3) is 0 Å². The van der Waals surface area contributed by atoms with Gasteiger partial charge in [-0.2, -0.15) is 5.10 Å². The van der Waals surface area contributed by atoms with E-state index in [1.165, 1.54) is 0 Å². The van der Waals surface area contributed by atoms with Crippen LogP contribution in [0.2, 0.25) is 0 Å². The van der Waals surface area contributed by atoms with Gasteiger partial charge in [-0.1, -0.05) is 0 Å². The molecule has 0 spiro atoms. The van der Waals surface area contributed by atoms with E-state index in [0.717, 1.165) is 11.3 Å². The molecule has 0 rings (SSSR count). The van der Waals surface area contributed by atoms with E-state index in [4.69, 9.17) is 16.8 Å². The van der Waals surface area contributed by atoms with Crippen LogP contribution in [-0.2, 0) is 4.79 Å². The summed E-state index contributed by atoms with van der Waals surface area (Å²) in [5.74, 6) is 8.76. The van der Waals surface area contributed by atoms with Crippen LogP contribution in [0, 0.1) is 0 Å². The SMILES string of the molecule is NN/N=C/N(N)CC(=O)O. The smallest absolute Gasteiger partial charge is 0.324 e. The van der Waals surface area contributed by atoms with Gasteiger partial charge in [0.2, 0.25) is 0 Å². The lowest BCUT2D eigenvalue weighted by Crippen LogP contribution is -2.35. The molecule has 0 aliphatic rings. The maximum Gasteiger partial charge on any atom is 0.324 e. The molecule has 0 radical (unpaired) electrons. The van der Waals surface area contributed by atoms with Gasteiger partial charge in [-0.25, -0.2) is 17.2 Å². The highest BCUT2D eigenvalue weighted by atomic mass is 16.4. The van der Waals surface area contributed by atoms with Crippen molar-refractivity contribution in [3.8, 4) is 0 Å². The molecule has 0 aliphatic carbocycles. The Bertz CT molecular complexity index is 135. The first-order valence-corrected chi connectivity index (χ1v) is 2.38. The molecule has 0 bridgehead atoms. The van der Waals surface area contributed by atoms with E-state index >= 15 is 0 Å². The fourth-order valence-electron chi connectivity index (χ4n) is 0.305. The normalized spacial score (nSPS) is 9.80. The van der Waals surface area contributed by atoms with Gasteiger partial charge in [-0.3, -0.25) is 9.80 Å². The van der Waals surface area contributed by atoms with Crippen molar-refractivity contribution in [3.63, 3.8) is 0 Å². The van der Waals surface area contributed by atoms with E-state index in [0.29, 0.717) is 0 Å². The highest BCUT2D eigenvalue weighted by Gasteiger charge is 1.98. The van der Waals surface area contributed by atoms with E-state index in [1.54, 1.807) is 0 Å². The number of aliphatic carboxylic acids is 1. The number of carbonyl (C=O) groups is 1. The maximum absolute atomic E-state index is 9.94. The molecule has 0 aromatic carbocycles. The van der Waals surface area contributed by atoms with Crippen LogP contribution in [-0.4, -0.2) is 29.0 Å². The first kappa shape index (κ1) is 8.66. The fourth-order valence-corrected chi connectivity index (χ4v) is 0.305. The van der Waals surface area contributed by atoms with Gasteiger partial charge in [-0.05, 0) is 0 Å². The van der Waals surface area contributed by atoms with Crippen molar-refractivity contribution in [3.05, 3.63) is 0 Å². The molecule has 0 atom stereocenters. The van der Waals surface area contributed by atoms with Crippen molar-refractivity contribution in [2.45, 2.75) is 0 Å². The van der Waals surface area contributed by atoms with Crippen molar-refractivity contribution in [1.82, 2.24) is 10.5 Å². The lowest BCUT2D eigenvalue weighted by atomic mass is 10.6. The van der Waals surface area contributed by atoms with E-state index in [1.807, 2.05) is 5.53 Å². The third-order valence-electron chi connectivity index (χ3n) is 0.598. The summed E-state index contributed by atoms with van der Waals surface area (Å²) in [5, 5.41) is 12.3. The molecule has 0 fully saturated rings. The summed E-state index contributed by atoms with van der Waals surface area (Å²) in [4.78, 5) is 9.94. The molecular weight excluding hydrogens is 138 g/mol. The molecule has 10 heavy (non-hydrogen) atoms. The van der Waals surface area contributed by atoms with E-state index in [-0.39, 0.29) is 6.54 Å². The Kier molecular flexibility index (Phi) is 3.92. The Morgan fingerprint density at radius 2 is 2.50 bits per heavy atom. The third-order valence-corrected chi connectivity index (χ3v) is 0.598. The maximum atomic E-state index is 9.94. The van der Waals surface area contributed by atoms with Crippen LogP contribution in [0.4, 0.5) is 0 Å². The number of hydrazine groups is 2. The predicted octanol–water partition coefficient (Wildman–Crippen LogP) is -2.35. The molecular formula is C3H9N5O2. The van der Waals surface area contributed by atoms with Crippen molar-refractivity contribution in [2.75, 3.05) is 6.54 Å². The minimum atomic E-state index is -1.04. The summed E-state index contributed by atoms with van der Waals surface area (Å²) >= 11 is 0. The summed E-state index contributed by atoms with van der Waals surface area (Å²) in [7, 11) is 0. The minimum Gasteiger partial charge on any atom is -0.480 e. The van der Waals surface area contributed by atoms with Gasteiger partial charge in [0.05, 0.1) is 0 Å². The molecule has 0 saturated carbocycles. The van der Waals surface area contributed by atoms with E-state index in [2.05, 4.69) is 5.10 Å². The molecule has 58 valence electrons. The van der Waals surface area contributed by atoms with Crippen molar-refractivity contribution < 1.29 is 9.90 Å². The van der Waals surface area contributed by atoms with Crippen LogP contribution in [0.1, 0.15) is 0 Å². The average molecular weight is 147 g/mol. The summed E-state index contributed by atoms with van der Waals surface area (Å²) in [6.07, 6.45) is 1.06. The monoisotopic (exact) mass is 147 g/mol. The number of nitrogens with one attached hydrogen (secondary N) is 1. The molecule has 0 aliphatic heterocycles. The number of carboxylic acid groups (broad SMARTS) is 1. The second-order valence-corrected chi connectivity index (χ2v) is 1.44. The number of rotatable bonds is 4. The predicted molar refractivity (Wildman–Crippen MR) is 34.3 cm³/mol. The molecule has 0 amide bonds. The van der Waals surface area contributed by atoms with Crippen molar-refractivity contribution in [2.24, 2.45) is 16.8 Å². The zero-order valence-electron chi connectivity index (χ0n) is 5.19. The quantitative estimate of drug-likeness (QED) is 0.153. The van der Waals surface area contributed by atoms with E-state index < -0.39 is 5.97 Å². The Labute approximate surface area is 57.2 Å². The number of carboxylic acids is 1. The van der Waals surface area contributed by atoms with Gasteiger partial charge >= 0.3 is 5.97 Å². The Balaban J connectivity index is 3.52. The Morgan fingerprint density at radius 3 is 2.90 bits per heavy atom. The summed E-state index contributed by atoms with van der Waals surface area (Å²) in [6, 6.07) is 0. The van der Waals surface area contributed by atoms with Gasteiger partial charge in [-0.15, -0.1) is 0 Å². The summed E-state index contributed by atoms with van der Waals surface area (Å²) in [6.45, 7) is -0.314. The van der Waals surface area contributed by atoms with Crippen molar-refractivity contribution in [1.29, 1.82) is 0 Å². The zero-order chi connectivity index (χ0) is 7.98. The van der Waals surface area contributed by atoms with Crippen molar-refractivity contribution >= 4 is 12.3 Å². The minimum absolute atomic E-state index is 0.314. The Morgan fingerprint density at radius 1 is 1.90 bits per heavy atom. The van der Waals surface area contributed by atoms with Gasteiger partial charge in [0.1, 0.15) is 12.9 Å². The topological polar surface area (TPSA) is 117 Å². The first-order valence-electron chi connectivity index (χ1n) is 2.38. The van der Waals surface area contributed by atoms with Gasteiger partial charge in [0, 0.05) is 0 Å². The number of nitrogens with zero attached hydrogens (tertiary/aromatic N) is 2. The van der Waals surface area contributed by atoms with Crippen LogP contribution >= 0.6 is 0 Å². The molecule has 6 N–H and O–H groups in total. The summed E-state index contributed by atoms with van der Waals surface area (Å²) < 4.78 is 0. The zero-order valence-corrected chi connectivity index (χ0v) is 5.19. The molecule has 0 unspecified atom stereocenters. The van der Waals surface area contributed by atoms with Crippen LogP contribution < -0.4 is 17.2 Å². The fraction of sp³-hybridized carbons (Fsp3) is 0.333. The van der Waals surface area contributed by atoms with E-state index in [9.17, 15) is 4.79 Å². The van der Waals surface area contributed by atoms with Crippen LogP contribution in [0.5, 0.6) is 0 Å². The van der Waals surface area contributed by atoms with Crippen LogP contribution in [0.3, 0.4) is 0 Å². The summed E-state index contributed by atoms with van der Waals surface area (Å²) in [5.41, 5.74) is 1.93. The molecule has 0 heterocycles. The molecule has 0 aromatic heterocycles. The highest BCUT2D eigenvalue weighted by molar-refractivity contribution is 5.72. The van der Waals surface area contributed by atoms with Gasteiger partial charge in [0.25, 0.3) is 0 Å². The lowest BCUT2D eigenvalue weighted by Gasteiger charge is -2.06. The molecule has 7 nitrogen and oxygen atoms in total. The second-order valence-electron chi connectivity index (χ2n) is 1.44. The largest absolute Gasteiger partial charge is 0.480 e. The van der Waals surface area contributed by atoms with Gasteiger partial charge in [0.15, 0.2) is 0 Å².